The minimum Gasteiger partial charge on any atom is -0.507 e. The summed E-state index contributed by atoms with van der Waals surface area (Å²) in [5.74, 6) is -1.01. The van der Waals surface area contributed by atoms with E-state index in [1.807, 2.05) is 55.5 Å². The van der Waals surface area contributed by atoms with Gasteiger partial charge in [0.15, 0.2) is 5.13 Å². The lowest BCUT2D eigenvalue weighted by atomic mass is 9.95. The highest BCUT2D eigenvalue weighted by atomic mass is 79.9. The van der Waals surface area contributed by atoms with Crippen molar-refractivity contribution in [1.29, 1.82) is 0 Å². The third-order valence-electron chi connectivity index (χ3n) is 5.75. The van der Waals surface area contributed by atoms with Crippen molar-refractivity contribution in [2.24, 2.45) is 0 Å². The molecule has 1 amide bonds. The molecule has 8 heteroatoms. The Morgan fingerprint density at radius 2 is 1.76 bits per heavy atom. The van der Waals surface area contributed by atoms with Crippen molar-refractivity contribution in [1.82, 2.24) is 4.98 Å². The number of nitrogens with zero attached hydrogens (tertiary/aromatic N) is 2. The summed E-state index contributed by atoms with van der Waals surface area (Å²) in [6.45, 7) is 1.94. The maximum absolute atomic E-state index is 13.3. The number of halogens is 1. The molecule has 0 aliphatic carbocycles. The second-order valence-electron chi connectivity index (χ2n) is 7.92. The number of rotatable bonds is 4. The topological polar surface area (TPSA) is 79.7 Å². The fraction of sp³-hybridized carbons (Fsp3) is 0.115. The average Bonchev–Trinajstić information content (AvgIpc) is 3.37. The van der Waals surface area contributed by atoms with Crippen molar-refractivity contribution in [2.45, 2.75) is 13.0 Å². The van der Waals surface area contributed by atoms with Crippen LogP contribution in [0.25, 0.3) is 16.0 Å². The van der Waals surface area contributed by atoms with Crippen molar-refractivity contribution < 1.29 is 19.4 Å². The predicted molar refractivity (Wildman–Crippen MR) is 136 cm³/mol. The van der Waals surface area contributed by atoms with Crippen molar-refractivity contribution in [3.8, 4) is 5.75 Å². The molecule has 1 N–H and O–H groups in total. The largest absolute Gasteiger partial charge is 0.507 e. The number of fused-ring (bicyclic) bond motifs is 1. The first-order valence-corrected chi connectivity index (χ1v) is 12.1. The van der Waals surface area contributed by atoms with Gasteiger partial charge in [0.1, 0.15) is 11.5 Å². The van der Waals surface area contributed by atoms with Gasteiger partial charge in [-0.05, 0) is 42.8 Å². The smallest absolute Gasteiger partial charge is 0.301 e. The number of methoxy groups -OCH3 is 1. The Labute approximate surface area is 208 Å². The maximum atomic E-state index is 13.3. The van der Waals surface area contributed by atoms with Gasteiger partial charge in [-0.15, -0.1) is 0 Å². The molecule has 4 aromatic rings. The van der Waals surface area contributed by atoms with Crippen LogP contribution in [0.3, 0.4) is 0 Å². The van der Waals surface area contributed by atoms with Gasteiger partial charge >= 0.3 is 5.91 Å². The van der Waals surface area contributed by atoms with Crippen LogP contribution in [0.15, 0.2) is 76.8 Å². The maximum Gasteiger partial charge on any atom is 0.301 e. The monoisotopic (exact) mass is 534 g/mol. The lowest BCUT2D eigenvalue weighted by Gasteiger charge is -2.23. The summed E-state index contributed by atoms with van der Waals surface area (Å²) in [6, 6.07) is 19.1. The number of benzene rings is 3. The molecule has 0 saturated carbocycles. The van der Waals surface area contributed by atoms with E-state index in [1.54, 1.807) is 25.3 Å². The lowest BCUT2D eigenvalue weighted by molar-refractivity contribution is -0.132. The molecular weight excluding hydrogens is 516 g/mol. The number of carbonyl (C=O) groups is 2. The van der Waals surface area contributed by atoms with Gasteiger partial charge in [0.05, 0.1) is 28.9 Å². The van der Waals surface area contributed by atoms with E-state index >= 15 is 0 Å². The zero-order chi connectivity index (χ0) is 24.0. The number of thiazole rings is 1. The number of aromatic nitrogens is 1. The van der Waals surface area contributed by atoms with Gasteiger partial charge in [0.25, 0.3) is 5.78 Å². The molecule has 0 radical (unpaired) electrons. The number of aryl methyl sites for hydroxylation is 1. The van der Waals surface area contributed by atoms with Gasteiger partial charge in [-0.25, -0.2) is 4.98 Å². The van der Waals surface area contributed by atoms with Crippen molar-refractivity contribution in [3.63, 3.8) is 0 Å². The van der Waals surface area contributed by atoms with E-state index in [1.165, 1.54) is 16.2 Å². The molecule has 1 fully saturated rings. The van der Waals surface area contributed by atoms with E-state index in [0.29, 0.717) is 27.5 Å². The van der Waals surface area contributed by atoms with Crippen LogP contribution in [-0.2, 0) is 9.59 Å². The molecule has 0 unspecified atom stereocenters. The van der Waals surface area contributed by atoms with Crippen molar-refractivity contribution >= 4 is 60.1 Å². The predicted octanol–water partition coefficient (Wildman–Crippen LogP) is 6.00. The third kappa shape index (κ3) is 3.78. The van der Waals surface area contributed by atoms with Crippen LogP contribution >= 0.6 is 27.3 Å². The standard InChI is InChI=1S/C26H19BrN2O4S/c1-14-3-5-16(6-4-14)23(30)21-22(15-7-9-17(27)10-8-15)29(25(32)24(21)31)26-28-19-12-11-18(33-2)13-20(19)34-26/h3-13,22,30H,1-2H3/b23-21+/t22-/m0/s1. The first-order chi connectivity index (χ1) is 16.4. The minimum atomic E-state index is -0.822. The summed E-state index contributed by atoms with van der Waals surface area (Å²) in [5, 5.41) is 11.6. The molecule has 1 aromatic heterocycles. The third-order valence-corrected chi connectivity index (χ3v) is 7.29. The second kappa shape index (κ2) is 8.70. The number of aliphatic hydroxyl groups is 1. The van der Waals surface area contributed by atoms with E-state index in [-0.39, 0.29) is 11.3 Å². The summed E-state index contributed by atoms with van der Waals surface area (Å²) >= 11 is 4.72. The van der Waals surface area contributed by atoms with Crippen LogP contribution in [0.2, 0.25) is 0 Å². The van der Waals surface area contributed by atoms with Crippen LogP contribution in [0.4, 0.5) is 5.13 Å². The van der Waals surface area contributed by atoms with Crippen LogP contribution in [0, 0.1) is 6.92 Å². The van der Waals surface area contributed by atoms with Crippen LogP contribution < -0.4 is 9.64 Å². The molecule has 2 heterocycles. The van der Waals surface area contributed by atoms with Gasteiger partial charge in [-0.3, -0.25) is 14.5 Å². The Balaban J connectivity index is 1.71. The molecule has 1 atom stereocenters. The molecular formula is C26H19BrN2O4S. The Morgan fingerprint density at radius 3 is 2.44 bits per heavy atom. The molecule has 1 aliphatic rings. The zero-order valence-corrected chi connectivity index (χ0v) is 20.7. The van der Waals surface area contributed by atoms with Gasteiger partial charge in [0.2, 0.25) is 0 Å². The van der Waals surface area contributed by atoms with Crippen LogP contribution in [-0.4, -0.2) is 28.9 Å². The first-order valence-electron chi connectivity index (χ1n) is 10.5. The molecule has 0 bridgehead atoms. The normalized spacial score (nSPS) is 17.5. The van der Waals surface area contributed by atoms with Crippen molar-refractivity contribution in [3.05, 3.63) is 93.5 Å². The number of hydrogen-bond donors (Lipinski definition) is 1. The fourth-order valence-corrected chi connectivity index (χ4v) is 5.27. The van der Waals surface area contributed by atoms with Crippen LogP contribution in [0.5, 0.6) is 5.75 Å². The number of anilines is 1. The van der Waals surface area contributed by atoms with Gasteiger partial charge < -0.3 is 9.84 Å². The lowest BCUT2D eigenvalue weighted by Crippen LogP contribution is -2.29. The van der Waals surface area contributed by atoms with E-state index in [2.05, 4.69) is 20.9 Å². The average molecular weight is 535 g/mol. The van der Waals surface area contributed by atoms with Gasteiger partial charge in [-0.2, -0.15) is 0 Å². The molecule has 34 heavy (non-hydrogen) atoms. The Bertz CT molecular complexity index is 1460. The quantitative estimate of drug-likeness (QED) is 0.197. The number of ketones is 1. The van der Waals surface area contributed by atoms with Crippen LogP contribution in [0.1, 0.15) is 22.7 Å². The minimum absolute atomic E-state index is 0.0352. The number of hydrogen-bond acceptors (Lipinski definition) is 6. The number of ether oxygens (including phenoxy) is 1. The van der Waals surface area contributed by atoms with E-state index in [9.17, 15) is 14.7 Å². The van der Waals surface area contributed by atoms with E-state index in [0.717, 1.165) is 14.7 Å². The Hall–Kier alpha value is -3.49. The van der Waals surface area contributed by atoms with E-state index < -0.39 is 17.7 Å². The highest BCUT2D eigenvalue weighted by molar-refractivity contribution is 9.10. The number of amides is 1. The first kappa shape index (κ1) is 22.3. The summed E-state index contributed by atoms with van der Waals surface area (Å²) in [4.78, 5) is 32.6. The van der Waals surface area contributed by atoms with E-state index in [4.69, 9.17) is 4.74 Å². The molecule has 170 valence electrons. The summed E-state index contributed by atoms with van der Waals surface area (Å²) < 4.78 is 6.99. The molecule has 0 spiro atoms. The SMILES string of the molecule is COc1ccc2nc(N3C(=O)C(=O)/C(=C(/O)c4ccc(C)cc4)[C@@H]3c3ccc(Br)cc3)sc2c1. The summed E-state index contributed by atoms with van der Waals surface area (Å²) in [6.07, 6.45) is 0. The Morgan fingerprint density at radius 1 is 1.06 bits per heavy atom. The number of aliphatic hydroxyl groups excluding tert-OH is 1. The fourth-order valence-electron chi connectivity index (χ4n) is 3.98. The Kier molecular flexibility index (Phi) is 5.71. The molecule has 6 nitrogen and oxygen atoms in total. The molecule has 1 saturated heterocycles. The van der Waals surface area contributed by atoms with Crippen molar-refractivity contribution in [2.75, 3.05) is 12.0 Å². The second-order valence-corrected chi connectivity index (χ2v) is 9.84. The highest BCUT2D eigenvalue weighted by Crippen LogP contribution is 2.44. The molecule has 1 aliphatic heterocycles. The van der Waals surface area contributed by atoms with Gasteiger partial charge in [-0.1, -0.05) is 69.2 Å². The molecule has 5 rings (SSSR count). The summed E-state index contributed by atoms with van der Waals surface area (Å²) in [5.41, 5.74) is 2.91. The highest BCUT2D eigenvalue weighted by Gasteiger charge is 2.48. The number of Topliss-reactive ketones (excluding diaryl/α,β-unsaturated/α-hetero) is 1. The van der Waals surface area contributed by atoms with Gasteiger partial charge in [0, 0.05) is 10.0 Å². The zero-order valence-electron chi connectivity index (χ0n) is 18.3. The number of carbonyl (C=O) groups excluding carboxylic acids is 2. The molecule has 3 aromatic carbocycles. The summed E-state index contributed by atoms with van der Waals surface area (Å²) in [7, 11) is 1.58.